The molecule has 112 valence electrons. The first-order valence-corrected chi connectivity index (χ1v) is 7.99. The second kappa shape index (κ2) is 7.98. The number of aryl methyl sites for hydroxylation is 1. The Labute approximate surface area is 134 Å². The Balaban J connectivity index is 2.05. The van der Waals surface area contributed by atoms with Gasteiger partial charge in [0.1, 0.15) is 18.2 Å². The van der Waals surface area contributed by atoms with E-state index in [4.69, 9.17) is 4.74 Å². The Morgan fingerprint density at radius 3 is 2.57 bits per heavy atom. The molecule has 1 aromatic carbocycles. The zero-order chi connectivity index (χ0) is 15.1. The second-order valence-electron chi connectivity index (χ2n) is 4.70. The minimum Gasteiger partial charge on any atom is -0.473 e. The van der Waals surface area contributed by atoms with Crippen LogP contribution in [0.15, 0.2) is 34.8 Å². The fraction of sp³-hybridized carbons (Fsp3) is 0.375. The quantitative estimate of drug-likeness (QED) is 0.813. The van der Waals surface area contributed by atoms with Gasteiger partial charge in [-0.1, -0.05) is 41.9 Å². The summed E-state index contributed by atoms with van der Waals surface area (Å²) in [5.41, 5.74) is 1.11. The molecule has 0 amide bonds. The molecule has 0 saturated heterocycles. The molecule has 0 spiro atoms. The molecule has 0 bridgehead atoms. The highest BCUT2D eigenvalue weighted by molar-refractivity contribution is 9.10. The molecule has 2 aromatic rings. The van der Waals surface area contributed by atoms with Crippen molar-refractivity contribution in [3.05, 3.63) is 46.2 Å². The van der Waals surface area contributed by atoms with Gasteiger partial charge < -0.3 is 10.1 Å². The number of halogens is 1. The van der Waals surface area contributed by atoms with Gasteiger partial charge >= 0.3 is 0 Å². The fourth-order valence-electron chi connectivity index (χ4n) is 1.79. The fourth-order valence-corrected chi connectivity index (χ4v) is 2.05. The molecule has 0 atom stereocenters. The van der Waals surface area contributed by atoms with Crippen molar-refractivity contribution in [2.75, 3.05) is 11.9 Å². The summed E-state index contributed by atoms with van der Waals surface area (Å²) in [6.07, 6.45) is 1.84. The maximum absolute atomic E-state index is 5.79. The van der Waals surface area contributed by atoms with E-state index in [2.05, 4.69) is 38.1 Å². The third kappa shape index (κ3) is 5.01. The van der Waals surface area contributed by atoms with E-state index in [9.17, 15) is 0 Å². The molecular formula is C16H20BrN3O. The van der Waals surface area contributed by atoms with Gasteiger partial charge in [0.15, 0.2) is 0 Å². The Morgan fingerprint density at radius 2 is 1.90 bits per heavy atom. The van der Waals surface area contributed by atoms with E-state index >= 15 is 0 Å². The Bertz CT molecular complexity index is 572. The summed E-state index contributed by atoms with van der Waals surface area (Å²) < 4.78 is 6.85. The van der Waals surface area contributed by atoms with Crippen LogP contribution in [0.4, 0.5) is 5.82 Å². The third-order valence-electron chi connectivity index (χ3n) is 2.92. The standard InChI is InChI=1S/C16H20BrN3O/c1-3-9-18-15-10-16(20-14(4-2)19-15)21-11-12-5-7-13(17)8-6-12/h5-8,10H,3-4,9,11H2,1-2H3,(H,18,19,20). The van der Waals surface area contributed by atoms with E-state index in [0.717, 1.165) is 41.1 Å². The first-order valence-electron chi connectivity index (χ1n) is 7.20. The van der Waals surface area contributed by atoms with Crippen LogP contribution in [0.5, 0.6) is 5.88 Å². The molecule has 2 rings (SSSR count). The summed E-state index contributed by atoms with van der Waals surface area (Å²) in [5.74, 6) is 2.24. The zero-order valence-corrected chi connectivity index (χ0v) is 14.0. The van der Waals surface area contributed by atoms with Crippen LogP contribution >= 0.6 is 15.9 Å². The number of ether oxygens (including phenoxy) is 1. The van der Waals surface area contributed by atoms with E-state index in [1.165, 1.54) is 0 Å². The van der Waals surface area contributed by atoms with Crippen molar-refractivity contribution in [3.63, 3.8) is 0 Å². The van der Waals surface area contributed by atoms with Crippen molar-refractivity contribution in [1.82, 2.24) is 9.97 Å². The average molecular weight is 350 g/mol. The molecule has 0 aliphatic carbocycles. The number of rotatable bonds is 7. The van der Waals surface area contributed by atoms with Crippen LogP contribution in [0.3, 0.4) is 0 Å². The smallest absolute Gasteiger partial charge is 0.219 e. The van der Waals surface area contributed by atoms with Crippen LogP contribution in [-0.2, 0) is 13.0 Å². The van der Waals surface area contributed by atoms with Crippen molar-refractivity contribution in [2.24, 2.45) is 0 Å². The van der Waals surface area contributed by atoms with Crippen LogP contribution in [0.25, 0.3) is 0 Å². The Hall–Kier alpha value is -1.62. The van der Waals surface area contributed by atoms with E-state index in [1.807, 2.05) is 37.3 Å². The maximum atomic E-state index is 5.79. The van der Waals surface area contributed by atoms with Crippen LogP contribution in [-0.4, -0.2) is 16.5 Å². The van der Waals surface area contributed by atoms with E-state index in [0.29, 0.717) is 12.5 Å². The predicted molar refractivity (Wildman–Crippen MR) is 88.7 cm³/mol. The van der Waals surface area contributed by atoms with Crippen LogP contribution in [0.1, 0.15) is 31.7 Å². The molecule has 21 heavy (non-hydrogen) atoms. The SMILES string of the molecule is CCCNc1cc(OCc2ccc(Br)cc2)nc(CC)n1. The summed E-state index contributed by atoms with van der Waals surface area (Å²) in [6, 6.07) is 9.92. The van der Waals surface area contributed by atoms with Gasteiger partial charge in [-0.25, -0.2) is 4.98 Å². The highest BCUT2D eigenvalue weighted by Gasteiger charge is 2.05. The second-order valence-corrected chi connectivity index (χ2v) is 5.62. The summed E-state index contributed by atoms with van der Waals surface area (Å²) in [4.78, 5) is 8.86. The molecule has 0 aliphatic heterocycles. The number of hydrogen-bond acceptors (Lipinski definition) is 4. The summed E-state index contributed by atoms with van der Waals surface area (Å²) in [6.45, 7) is 5.56. The Morgan fingerprint density at radius 1 is 1.14 bits per heavy atom. The minimum absolute atomic E-state index is 0.501. The van der Waals surface area contributed by atoms with Gasteiger partial charge in [-0.2, -0.15) is 4.98 Å². The van der Waals surface area contributed by atoms with E-state index in [-0.39, 0.29) is 0 Å². The number of nitrogens with zero attached hydrogens (tertiary/aromatic N) is 2. The van der Waals surface area contributed by atoms with Crippen LogP contribution in [0.2, 0.25) is 0 Å². The van der Waals surface area contributed by atoms with Crippen molar-refractivity contribution in [2.45, 2.75) is 33.3 Å². The van der Waals surface area contributed by atoms with Crippen LogP contribution < -0.4 is 10.1 Å². The molecule has 0 fully saturated rings. The number of nitrogens with one attached hydrogen (secondary N) is 1. The lowest BCUT2D eigenvalue weighted by Crippen LogP contribution is -2.07. The molecule has 0 radical (unpaired) electrons. The number of benzene rings is 1. The molecule has 0 aliphatic rings. The lowest BCUT2D eigenvalue weighted by molar-refractivity contribution is 0.292. The minimum atomic E-state index is 0.501. The van der Waals surface area contributed by atoms with Crippen molar-refractivity contribution in [3.8, 4) is 5.88 Å². The van der Waals surface area contributed by atoms with Crippen molar-refractivity contribution >= 4 is 21.7 Å². The molecule has 5 heteroatoms. The molecule has 4 nitrogen and oxygen atoms in total. The average Bonchev–Trinajstić information content (AvgIpc) is 2.52. The van der Waals surface area contributed by atoms with Crippen molar-refractivity contribution in [1.29, 1.82) is 0 Å². The zero-order valence-electron chi connectivity index (χ0n) is 12.4. The Kier molecular flexibility index (Phi) is 5.99. The topological polar surface area (TPSA) is 47.0 Å². The van der Waals surface area contributed by atoms with Gasteiger partial charge in [0.2, 0.25) is 5.88 Å². The van der Waals surface area contributed by atoms with Gasteiger partial charge in [-0.05, 0) is 24.1 Å². The first kappa shape index (κ1) is 15.8. The van der Waals surface area contributed by atoms with Gasteiger partial charge in [0, 0.05) is 23.5 Å². The largest absolute Gasteiger partial charge is 0.473 e. The lowest BCUT2D eigenvalue weighted by Gasteiger charge is -2.10. The van der Waals surface area contributed by atoms with E-state index in [1.54, 1.807) is 0 Å². The molecule has 0 saturated carbocycles. The first-order chi connectivity index (χ1) is 10.2. The monoisotopic (exact) mass is 349 g/mol. The molecule has 1 N–H and O–H groups in total. The number of aromatic nitrogens is 2. The molecule has 0 unspecified atom stereocenters. The molecular weight excluding hydrogens is 330 g/mol. The maximum Gasteiger partial charge on any atom is 0.219 e. The lowest BCUT2D eigenvalue weighted by atomic mass is 10.2. The summed E-state index contributed by atoms with van der Waals surface area (Å²) >= 11 is 3.42. The molecule has 1 heterocycles. The summed E-state index contributed by atoms with van der Waals surface area (Å²) in [7, 11) is 0. The van der Waals surface area contributed by atoms with Gasteiger partial charge in [0.25, 0.3) is 0 Å². The third-order valence-corrected chi connectivity index (χ3v) is 3.45. The number of anilines is 1. The van der Waals surface area contributed by atoms with E-state index < -0.39 is 0 Å². The highest BCUT2D eigenvalue weighted by atomic mass is 79.9. The van der Waals surface area contributed by atoms with Crippen molar-refractivity contribution < 1.29 is 4.74 Å². The number of hydrogen-bond donors (Lipinski definition) is 1. The highest BCUT2D eigenvalue weighted by Crippen LogP contribution is 2.17. The van der Waals surface area contributed by atoms with Gasteiger partial charge in [0.05, 0.1) is 0 Å². The predicted octanol–water partition coefficient (Wildman–Crippen LogP) is 4.20. The normalized spacial score (nSPS) is 10.4. The van der Waals surface area contributed by atoms with Gasteiger partial charge in [-0.15, -0.1) is 0 Å². The summed E-state index contributed by atoms with van der Waals surface area (Å²) in [5, 5.41) is 3.28. The molecule has 1 aromatic heterocycles. The van der Waals surface area contributed by atoms with Gasteiger partial charge in [-0.3, -0.25) is 0 Å². The van der Waals surface area contributed by atoms with Crippen LogP contribution in [0, 0.1) is 0 Å².